The zero-order valence-corrected chi connectivity index (χ0v) is 14.6. The third kappa shape index (κ3) is 4.39. The molecule has 2 aromatic rings. The molecule has 2 aromatic carbocycles. The summed E-state index contributed by atoms with van der Waals surface area (Å²) in [6, 6.07) is 11.1. The second-order valence-corrected chi connectivity index (χ2v) is 5.64. The first-order valence-electron chi connectivity index (χ1n) is 6.69. The molecular weight excluding hydrogens is 368 g/mol. The lowest BCUT2D eigenvalue weighted by atomic mass is 10.2. The highest BCUT2D eigenvalue weighted by molar-refractivity contribution is 9.10. The smallest absolute Gasteiger partial charge is 0.175 e. The highest BCUT2D eigenvalue weighted by Crippen LogP contribution is 2.36. The predicted octanol–water partition coefficient (Wildman–Crippen LogP) is 4.96. The summed E-state index contributed by atoms with van der Waals surface area (Å²) in [6.45, 7) is 2.49. The molecule has 0 saturated carbocycles. The molecule has 4 nitrogen and oxygen atoms in total. The summed E-state index contributed by atoms with van der Waals surface area (Å²) in [5.74, 6) is 1.34. The Morgan fingerprint density at radius 3 is 2.82 bits per heavy atom. The molecule has 0 amide bonds. The summed E-state index contributed by atoms with van der Waals surface area (Å²) >= 11 is 9.40. The first-order valence-corrected chi connectivity index (χ1v) is 7.86. The topological polar surface area (TPSA) is 42.8 Å². The van der Waals surface area contributed by atoms with Crippen LogP contribution in [0.1, 0.15) is 12.5 Å². The van der Waals surface area contributed by atoms with E-state index in [9.17, 15) is 0 Å². The van der Waals surface area contributed by atoms with E-state index in [-0.39, 0.29) is 0 Å². The molecule has 0 aliphatic rings. The molecule has 0 aliphatic carbocycles. The molecule has 22 heavy (non-hydrogen) atoms. The van der Waals surface area contributed by atoms with E-state index in [0.717, 1.165) is 15.7 Å². The van der Waals surface area contributed by atoms with Gasteiger partial charge in [0.15, 0.2) is 11.5 Å². The van der Waals surface area contributed by atoms with Crippen molar-refractivity contribution in [2.45, 2.75) is 6.92 Å². The molecular formula is C16H16BrClN2O2. The van der Waals surface area contributed by atoms with Crippen molar-refractivity contribution in [1.29, 1.82) is 0 Å². The average molecular weight is 384 g/mol. The van der Waals surface area contributed by atoms with Crippen molar-refractivity contribution in [2.24, 2.45) is 5.10 Å². The van der Waals surface area contributed by atoms with E-state index < -0.39 is 0 Å². The van der Waals surface area contributed by atoms with E-state index in [4.69, 9.17) is 21.1 Å². The second kappa shape index (κ2) is 8.06. The first kappa shape index (κ1) is 16.6. The largest absolute Gasteiger partial charge is 0.493 e. The van der Waals surface area contributed by atoms with E-state index in [1.807, 2.05) is 37.3 Å². The van der Waals surface area contributed by atoms with Crippen molar-refractivity contribution < 1.29 is 9.47 Å². The fourth-order valence-electron chi connectivity index (χ4n) is 1.84. The molecule has 0 unspecified atom stereocenters. The predicted molar refractivity (Wildman–Crippen MR) is 94.5 cm³/mol. The van der Waals surface area contributed by atoms with Crippen LogP contribution >= 0.6 is 27.5 Å². The number of nitrogens with one attached hydrogen (secondary N) is 1. The van der Waals surface area contributed by atoms with Gasteiger partial charge in [0.1, 0.15) is 0 Å². The Balaban J connectivity index is 2.15. The Morgan fingerprint density at radius 2 is 2.14 bits per heavy atom. The summed E-state index contributed by atoms with van der Waals surface area (Å²) in [6.07, 6.45) is 1.70. The summed E-state index contributed by atoms with van der Waals surface area (Å²) in [5, 5.41) is 4.85. The summed E-state index contributed by atoms with van der Waals surface area (Å²) in [5.41, 5.74) is 4.62. The van der Waals surface area contributed by atoms with E-state index >= 15 is 0 Å². The molecule has 0 atom stereocenters. The fourth-order valence-corrected chi connectivity index (χ4v) is 2.60. The molecule has 2 rings (SSSR count). The van der Waals surface area contributed by atoms with Crippen LogP contribution in [0.2, 0.25) is 5.02 Å². The Morgan fingerprint density at radius 1 is 1.32 bits per heavy atom. The molecule has 116 valence electrons. The molecule has 0 fully saturated rings. The van der Waals surface area contributed by atoms with Gasteiger partial charge in [0.2, 0.25) is 0 Å². The number of hydrogen-bond acceptors (Lipinski definition) is 4. The van der Waals surface area contributed by atoms with Gasteiger partial charge in [0.05, 0.1) is 30.1 Å². The van der Waals surface area contributed by atoms with Crippen LogP contribution in [-0.4, -0.2) is 19.9 Å². The number of rotatable bonds is 6. The van der Waals surface area contributed by atoms with Crippen LogP contribution < -0.4 is 14.9 Å². The van der Waals surface area contributed by atoms with Gasteiger partial charge < -0.3 is 9.47 Å². The molecule has 0 bridgehead atoms. The van der Waals surface area contributed by atoms with Gasteiger partial charge in [0.25, 0.3) is 0 Å². The van der Waals surface area contributed by atoms with Crippen LogP contribution in [0.25, 0.3) is 0 Å². The minimum absolute atomic E-state index is 0.568. The number of anilines is 1. The Bertz CT molecular complexity index is 677. The molecule has 0 saturated heterocycles. The second-order valence-electron chi connectivity index (χ2n) is 4.35. The SMILES string of the molecule is CCOc1c(Br)cc(C=NNc2cccc(Cl)c2)cc1OC. The zero-order chi connectivity index (χ0) is 15.9. The zero-order valence-electron chi connectivity index (χ0n) is 12.3. The molecule has 0 spiro atoms. The van der Waals surface area contributed by atoms with Crippen LogP contribution in [0.3, 0.4) is 0 Å². The van der Waals surface area contributed by atoms with Crippen molar-refractivity contribution in [3.63, 3.8) is 0 Å². The van der Waals surface area contributed by atoms with Gasteiger partial charge in [-0.2, -0.15) is 5.10 Å². The number of methoxy groups -OCH3 is 1. The monoisotopic (exact) mass is 382 g/mol. The quantitative estimate of drug-likeness (QED) is 0.566. The first-order chi connectivity index (χ1) is 10.6. The maximum absolute atomic E-state index is 5.92. The minimum atomic E-state index is 0.568. The van der Waals surface area contributed by atoms with E-state index in [1.54, 1.807) is 19.4 Å². The summed E-state index contributed by atoms with van der Waals surface area (Å²) < 4.78 is 11.7. The number of nitrogens with zero attached hydrogens (tertiary/aromatic N) is 1. The van der Waals surface area contributed by atoms with Crippen LogP contribution in [-0.2, 0) is 0 Å². The van der Waals surface area contributed by atoms with Crippen LogP contribution in [0.5, 0.6) is 11.5 Å². The van der Waals surface area contributed by atoms with E-state index in [1.165, 1.54) is 0 Å². The molecule has 0 heterocycles. The van der Waals surface area contributed by atoms with E-state index in [2.05, 4.69) is 26.5 Å². The molecule has 0 radical (unpaired) electrons. The van der Waals surface area contributed by atoms with Gasteiger partial charge in [-0.25, -0.2) is 0 Å². The summed E-state index contributed by atoms with van der Waals surface area (Å²) in [4.78, 5) is 0. The standard InChI is InChI=1S/C16H16BrClN2O2/c1-3-22-16-14(17)7-11(8-15(16)21-2)10-19-20-13-6-4-5-12(18)9-13/h4-10,20H,3H2,1-2H3. The van der Waals surface area contributed by atoms with Crippen molar-refractivity contribution in [1.82, 2.24) is 0 Å². The Kier molecular flexibility index (Phi) is 6.10. The van der Waals surface area contributed by atoms with Gasteiger partial charge >= 0.3 is 0 Å². The average Bonchev–Trinajstić information content (AvgIpc) is 2.50. The van der Waals surface area contributed by atoms with Crippen LogP contribution in [0.4, 0.5) is 5.69 Å². The normalized spacial score (nSPS) is 10.7. The maximum Gasteiger partial charge on any atom is 0.175 e. The van der Waals surface area contributed by atoms with Crippen molar-refractivity contribution >= 4 is 39.4 Å². The lowest BCUT2D eigenvalue weighted by Gasteiger charge is -2.12. The fraction of sp³-hybridized carbons (Fsp3) is 0.188. The number of hydrogen-bond donors (Lipinski definition) is 1. The van der Waals surface area contributed by atoms with Gasteiger partial charge in [-0.1, -0.05) is 17.7 Å². The third-order valence-corrected chi connectivity index (χ3v) is 3.60. The van der Waals surface area contributed by atoms with Crippen LogP contribution in [0, 0.1) is 0 Å². The molecule has 0 aliphatic heterocycles. The van der Waals surface area contributed by atoms with E-state index in [0.29, 0.717) is 23.1 Å². The van der Waals surface area contributed by atoms with Gasteiger partial charge in [-0.3, -0.25) is 5.43 Å². The maximum atomic E-state index is 5.92. The number of halogens is 2. The molecule has 6 heteroatoms. The molecule has 0 aromatic heterocycles. The number of hydrazone groups is 1. The Hall–Kier alpha value is -1.72. The van der Waals surface area contributed by atoms with Gasteiger partial charge in [-0.05, 0) is 58.7 Å². The third-order valence-electron chi connectivity index (χ3n) is 2.77. The lowest BCUT2D eigenvalue weighted by Crippen LogP contribution is -1.98. The minimum Gasteiger partial charge on any atom is -0.493 e. The van der Waals surface area contributed by atoms with Gasteiger partial charge in [0, 0.05) is 5.02 Å². The lowest BCUT2D eigenvalue weighted by molar-refractivity contribution is 0.309. The molecule has 1 N–H and O–H groups in total. The van der Waals surface area contributed by atoms with Crippen molar-refractivity contribution in [3.8, 4) is 11.5 Å². The van der Waals surface area contributed by atoms with Gasteiger partial charge in [-0.15, -0.1) is 0 Å². The Labute approximate surface area is 143 Å². The highest BCUT2D eigenvalue weighted by Gasteiger charge is 2.10. The number of benzene rings is 2. The van der Waals surface area contributed by atoms with Crippen molar-refractivity contribution in [3.05, 3.63) is 51.5 Å². The number of ether oxygens (including phenoxy) is 2. The summed E-state index contributed by atoms with van der Waals surface area (Å²) in [7, 11) is 1.61. The van der Waals surface area contributed by atoms with Crippen LogP contribution in [0.15, 0.2) is 46.0 Å². The highest BCUT2D eigenvalue weighted by atomic mass is 79.9. The van der Waals surface area contributed by atoms with Crippen molar-refractivity contribution in [2.75, 3.05) is 19.1 Å².